The van der Waals surface area contributed by atoms with E-state index in [2.05, 4.69) is 15.4 Å². The highest BCUT2D eigenvalue weighted by Gasteiger charge is 2.31. The number of carbonyl (C=O) groups is 2. The molecule has 2 aromatic heterocycles. The predicted octanol–water partition coefficient (Wildman–Crippen LogP) is 3.75. The average Bonchev–Trinajstić information content (AvgIpc) is 3.07. The molecule has 0 bridgehead atoms. The summed E-state index contributed by atoms with van der Waals surface area (Å²) in [5.41, 5.74) is 0.439. The molecule has 0 saturated heterocycles. The Morgan fingerprint density at radius 3 is 2.52 bits per heavy atom. The summed E-state index contributed by atoms with van der Waals surface area (Å²) in [6, 6.07) is 5.48. The molecule has 11 heteroatoms. The first-order valence-corrected chi connectivity index (χ1v) is 9.75. The zero-order valence-electron chi connectivity index (χ0n) is 18.0. The molecule has 0 spiro atoms. The summed E-state index contributed by atoms with van der Waals surface area (Å²) in [7, 11) is 1.45. The first-order chi connectivity index (χ1) is 15.5. The van der Waals surface area contributed by atoms with Gasteiger partial charge in [0.25, 0.3) is 5.91 Å². The van der Waals surface area contributed by atoms with Gasteiger partial charge in [-0.05, 0) is 54.8 Å². The Hall–Kier alpha value is -3.76. The fourth-order valence-electron chi connectivity index (χ4n) is 3.33. The van der Waals surface area contributed by atoms with E-state index in [0.29, 0.717) is 17.3 Å². The number of hydrogen-bond donors (Lipinski definition) is 1. The third-order valence-corrected chi connectivity index (χ3v) is 4.74. The Labute approximate surface area is 186 Å². The molecule has 1 aromatic carbocycles. The molecule has 3 rings (SSSR count). The topological polar surface area (TPSA) is 86.1 Å². The smallest absolute Gasteiger partial charge is 0.416 e. The minimum Gasteiger partial charge on any atom is -0.459 e. The van der Waals surface area contributed by atoms with E-state index >= 15 is 0 Å². The van der Waals surface area contributed by atoms with Crippen LogP contribution in [0.25, 0.3) is 5.82 Å². The molecule has 0 radical (unpaired) electrons. The summed E-state index contributed by atoms with van der Waals surface area (Å²) in [4.78, 5) is 27.9. The number of nitrogens with one attached hydrogen (secondary N) is 1. The maximum atomic E-state index is 13.8. The number of aryl methyl sites for hydroxylation is 1. The van der Waals surface area contributed by atoms with Gasteiger partial charge in [-0.25, -0.2) is 14.1 Å². The Balaban J connectivity index is 2.01. The molecule has 0 fully saturated rings. The van der Waals surface area contributed by atoms with Crippen LogP contribution in [0.4, 0.5) is 17.6 Å². The quantitative estimate of drug-likeness (QED) is 0.444. The van der Waals surface area contributed by atoms with Crippen molar-refractivity contribution in [2.24, 2.45) is 0 Å². The number of nitrogens with zero attached hydrogens (tertiary/aromatic N) is 3. The Morgan fingerprint density at radius 1 is 1.15 bits per heavy atom. The van der Waals surface area contributed by atoms with Crippen LogP contribution in [0.2, 0.25) is 0 Å². The van der Waals surface area contributed by atoms with Gasteiger partial charge in [0.15, 0.2) is 5.82 Å². The van der Waals surface area contributed by atoms with Crippen LogP contribution in [0.15, 0.2) is 36.5 Å². The fourth-order valence-corrected chi connectivity index (χ4v) is 3.33. The van der Waals surface area contributed by atoms with Crippen LogP contribution in [-0.4, -0.2) is 33.7 Å². The van der Waals surface area contributed by atoms with Gasteiger partial charge in [0.05, 0.1) is 22.5 Å². The zero-order chi connectivity index (χ0) is 24.3. The van der Waals surface area contributed by atoms with E-state index in [1.807, 2.05) is 0 Å². The van der Waals surface area contributed by atoms with Crippen molar-refractivity contribution in [3.8, 4) is 5.82 Å². The number of alkyl halides is 3. The lowest BCUT2D eigenvalue weighted by molar-refractivity contribution is -0.142. The number of esters is 1. The molecular formula is C22H20F4N4O3. The van der Waals surface area contributed by atoms with Crippen LogP contribution in [0.5, 0.6) is 0 Å². The fraction of sp³-hybridized carbons (Fsp3) is 0.273. The first-order valence-electron chi connectivity index (χ1n) is 9.75. The molecule has 1 amide bonds. The van der Waals surface area contributed by atoms with Crippen molar-refractivity contribution < 1.29 is 31.9 Å². The Kier molecular flexibility index (Phi) is 6.80. The molecule has 0 aliphatic rings. The van der Waals surface area contributed by atoms with Gasteiger partial charge in [0, 0.05) is 20.2 Å². The highest BCUT2D eigenvalue weighted by atomic mass is 19.4. The number of aromatic nitrogens is 3. The molecule has 0 aliphatic carbocycles. The van der Waals surface area contributed by atoms with Gasteiger partial charge in [0.2, 0.25) is 0 Å². The van der Waals surface area contributed by atoms with E-state index in [9.17, 15) is 27.2 Å². The Morgan fingerprint density at radius 2 is 1.88 bits per heavy atom. The summed E-state index contributed by atoms with van der Waals surface area (Å²) in [6.07, 6.45) is -3.26. The van der Waals surface area contributed by atoms with E-state index in [1.165, 1.54) is 24.9 Å². The molecule has 0 aliphatic heterocycles. The van der Waals surface area contributed by atoms with Crippen molar-refractivity contribution in [3.63, 3.8) is 0 Å². The SMILES string of the molecule is CNC(=O)c1c(C)nn(-c2cc(Cc3cc(F)cc(C(F)(F)F)c3)ccn2)c1COC(C)=O. The summed E-state index contributed by atoms with van der Waals surface area (Å²) in [5, 5.41) is 6.83. The van der Waals surface area contributed by atoms with Gasteiger partial charge < -0.3 is 10.1 Å². The first kappa shape index (κ1) is 23.9. The second kappa shape index (κ2) is 9.39. The molecule has 174 valence electrons. The molecule has 3 aromatic rings. The van der Waals surface area contributed by atoms with Crippen LogP contribution in [0.3, 0.4) is 0 Å². The van der Waals surface area contributed by atoms with Crippen LogP contribution in [0.1, 0.15) is 45.4 Å². The summed E-state index contributed by atoms with van der Waals surface area (Å²) in [6.45, 7) is 2.58. The van der Waals surface area contributed by atoms with Gasteiger partial charge >= 0.3 is 12.1 Å². The minimum absolute atomic E-state index is 0.00179. The third kappa shape index (κ3) is 5.54. The van der Waals surface area contributed by atoms with E-state index in [1.54, 1.807) is 19.1 Å². The average molecular weight is 464 g/mol. The molecule has 33 heavy (non-hydrogen) atoms. The van der Waals surface area contributed by atoms with E-state index < -0.39 is 29.4 Å². The lowest BCUT2D eigenvalue weighted by Gasteiger charge is -2.11. The number of carbonyl (C=O) groups excluding carboxylic acids is 2. The predicted molar refractivity (Wildman–Crippen MR) is 109 cm³/mol. The number of ether oxygens (including phenoxy) is 1. The third-order valence-electron chi connectivity index (χ3n) is 4.74. The van der Waals surface area contributed by atoms with Crippen LogP contribution < -0.4 is 5.32 Å². The summed E-state index contributed by atoms with van der Waals surface area (Å²) < 4.78 is 59.2. The van der Waals surface area contributed by atoms with Gasteiger partial charge in [-0.2, -0.15) is 18.3 Å². The van der Waals surface area contributed by atoms with Crippen molar-refractivity contribution in [1.82, 2.24) is 20.1 Å². The van der Waals surface area contributed by atoms with E-state index in [0.717, 1.165) is 12.1 Å². The number of amides is 1. The van der Waals surface area contributed by atoms with E-state index in [4.69, 9.17) is 4.74 Å². The maximum absolute atomic E-state index is 13.8. The van der Waals surface area contributed by atoms with Crippen molar-refractivity contribution in [1.29, 1.82) is 0 Å². The number of rotatable bonds is 6. The second-order valence-electron chi connectivity index (χ2n) is 7.22. The number of hydrogen-bond acceptors (Lipinski definition) is 5. The minimum atomic E-state index is -4.67. The van der Waals surface area contributed by atoms with Crippen molar-refractivity contribution >= 4 is 11.9 Å². The molecule has 2 heterocycles. The molecule has 7 nitrogen and oxygen atoms in total. The van der Waals surface area contributed by atoms with E-state index in [-0.39, 0.29) is 35.7 Å². The monoisotopic (exact) mass is 464 g/mol. The standard InChI is InChI=1S/C22H20F4N4O3/c1-12-20(21(32)27-3)18(11-33-13(2)31)30(29-12)19-9-14(4-5-28-19)6-15-7-16(22(24,25)26)10-17(23)8-15/h4-5,7-10H,6,11H2,1-3H3,(H,27,32). The maximum Gasteiger partial charge on any atom is 0.416 e. The van der Waals surface area contributed by atoms with Gasteiger partial charge in [-0.3, -0.25) is 9.59 Å². The van der Waals surface area contributed by atoms with Crippen LogP contribution >= 0.6 is 0 Å². The van der Waals surface area contributed by atoms with Gasteiger partial charge in [0.1, 0.15) is 12.4 Å². The number of benzene rings is 1. The van der Waals surface area contributed by atoms with Crippen molar-refractivity contribution in [2.45, 2.75) is 33.1 Å². The number of halogens is 4. The molecule has 0 atom stereocenters. The second-order valence-corrected chi connectivity index (χ2v) is 7.22. The highest BCUT2D eigenvalue weighted by Crippen LogP contribution is 2.31. The van der Waals surface area contributed by atoms with Gasteiger partial charge in [-0.1, -0.05) is 0 Å². The molecular weight excluding hydrogens is 444 g/mol. The van der Waals surface area contributed by atoms with Crippen LogP contribution in [-0.2, 0) is 28.7 Å². The van der Waals surface area contributed by atoms with Crippen LogP contribution in [0, 0.1) is 12.7 Å². The number of pyridine rings is 1. The lowest BCUT2D eigenvalue weighted by atomic mass is 10.0. The Bertz CT molecular complexity index is 1200. The molecule has 1 N–H and O–H groups in total. The zero-order valence-corrected chi connectivity index (χ0v) is 18.0. The lowest BCUT2D eigenvalue weighted by Crippen LogP contribution is -2.21. The van der Waals surface area contributed by atoms with Crippen molar-refractivity contribution in [3.05, 3.63) is 76.0 Å². The summed E-state index contributed by atoms with van der Waals surface area (Å²) >= 11 is 0. The largest absolute Gasteiger partial charge is 0.459 e. The summed E-state index contributed by atoms with van der Waals surface area (Å²) in [5.74, 6) is -1.73. The van der Waals surface area contributed by atoms with Crippen molar-refractivity contribution in [2.75, 3.05) is 7.05 Å². The van der Waals surface area contributed by atoms with Gasteiger partial charge in [-0.15, -0.1) is 0 Å². The highest BCUT2D eigenvalue weighted by molar-refractivity contribution is 5.96. The normalized spacial score (nSPS) is 11.4. The molecule has 0 saturated carbocycles. The molecule has 0 unspecified atom stereocenters.